The average molecular weight is 226 g/mol. The van der Waals surface area contributed by atoms with E-state index in [0.29, 0.717) is 11.3 Å². The highest BCUT2D eigenvalue weighted by Gasteiger charge is 2.39. The molecular weight excluding hydrogens is 212 g/mol. The zero-order valence-corrected chi connectivity index (χ0v) is 9.42. The molecule has 1 aromatic rings. The van der Waals surface area contributed by atoms with Gasteiger partial charge in [0.15, 0.2) is 9.84 Å². The Labute approximate surface area is 89.7 Å². The Hall–Kier alpha value is -0.870. The van der Waals surface area contributed by atoms with Crippen LogP contribution in [0.4, 0.5) is 0 Å². The molecule has 2 rings (SSSR count). The van der Waals surface area contributed by atoms with Crippen molar-refractivity contribution in [2.24, 2.45) is 0 Å². The molecule has 4 heteroatoms. The van der Waals surface area contributed by atoms with E-state index in [2.05, 4.69) is 0 Å². The van der Waals surface area contributed by atoms with Gasteiger partial charge in [0.05, 0.1) is 10.5 Å². The molecule has 0 unspecified atom stereocenters. The number of benzene rings is 1. The van der Waals surface area contributed by atoms with Gasteiger partial charge in [-0.2, -0.15) is 0 Å². The second-order valence-electron chi connectivity index (χ2n) is 4.32. The molecule has 1 fully saturated rings. The summed E-state index contributed by atoms with van der Waals surface area (Å²) in [6.45, 7) is 0. The van der Waals surface area contributed by atoms with E-state index < -0.39 is 15.4 Å². The van der Waals surface area contributed by atoms with Crippen molar-refractivity contribution in [3.05, 3.63) is 29.8 Å². The highest BCUT2D eigenvalue weighted by atomic mass is 32.2. The van der Waals surface area contributed by atoms with Crippen LogP contribution < -0.4 is 0 Å². The minimum absolute atomic E-state index is 0.328. The van der Waals surface area contributed by atoms with Crippen molar-refractivity contribution >= 4 is 9.84 Å². The van der Waals surface area contributed by atoms with Crippen molar-refractivity contribution < 1.29 is 13.5 Å². The molecule has 1 aromatic carbocycles. The smallest absolute Gasteiger partial charge is 0.175 e. The third kappa shape index (κ3) is 2.58. The normalized spacial score (nSPS) is 18.8. The topological polar surface area (TPSA) is 54.4 Å². The van der Waals surface area contributed by atoms with Crippen molar-refractivity contribution in [2.75, 3.05) is 6.26 Å². The van der Waals surface area contributed by atoms with Crippen LogP contribution in [-0.2, 0) is 16.3 Å². The first kappa shape index (κ1) is 10.6. The van der Waals surface area contributed by atoms with Crippen molar-refractivity contribution in [1.82, 2.24) is 0 Å². The summed E-state index contributed by atoms with van der Waals surface area (Å²) in [6, 6.07) is 6.73. The Morgan fingerprint density at radius 2 is 1.80 bits per heavy atom. The number of hydrogen-bond acceptors (Lipinski definition) is 3. The third-order valence-corrected chi connectivity index (χ3v) is 3.84. The quantitative estimate of drug-likeness (QED) is 0.841. The molecule has 15 heavy (non-hydrogen) atoms. The standard InChI is InChI=1S/C11H14O3S/c1-15(13,14)10-4-2-9(3-5-10)8-11(12)6-7-11/h2-5,12H,6-8H2,1H3. The van der Waals surface area contributed by atoms with Crippen LogP contribution in [0.25, 0.3) is 0 Å². The van der Waals surface area contributed by atoms with Gasteiger partial charge < -0.3 is 5.11 Å². The van der Waals surface area contributed by atoms with Crippen LogP contribution >= 0.6 is 0 Å². The van der Waals surface area contributed by atoms with Crippen LogP contribution in [0, 0.1) is 0 Å². The van der Waals surface area contributed by atoms with Gasteiger partial charge in [0.25, 0.3) is 0 Å². The lowest BCUT2D eigenvalue weighted by Gasteiger charge is -2.07. The maximum atomic E-state index is 11.2. The van der Waals surface area contributed by atoms with E-state index in [9.17, 15) is 13.5 Å². The molecule has 1 N–H and O–H groups in total. The number of sulfone groups is 1. The van der Waals surface area contributed by atoms with Crippen molar-refractivity contribution in [1.29, 1.82) is 0 Å². The van der Waals surface area contributed by atoms with Gasteiger partial charge in [0.2, 0.25) is 0 Å². The molecule has 1 aliphatic carbocycles. The molecule has 82 valence electrons. The van der Waals surface area contributed by atoms with E-state index in [4.69, 9.17) is 0 Å². The highest BCUT2D eigenvalue weighted by molar-refractivity contribution is 7.90. The molecule has 0 saturated heterocycles. The molecule has 0 bridgehead atoms. The maximum absolute atomic E-state index is 11.2. The van der Waals surface area contributed by atoms with Crippen LogP contribution in [0.3, 0.4) is 0 Å². The van der Waals surface area contributed by atoms with E-state index in [-0.39, 0.29) is 0 Å². The molecule has 0 aromatic heterocycles. The first-order chi connectivity index (χ1) is 6.89. The Morgan fingerprint density at radius 3 is 2.20 bits per heavy atom. The molecule has 0 aliphatic heterocycles. The van der Waals surface area contributed by atoms with E-state index >= 15 is 0 Å². The first-order valence-corrected chi connectivity index (χ1v) is 6.80. The fourth-order valence-electron chi connectivity index (χ4n) is 1.56. The predicted molar refractivity (Wildman–Crippen MR) is 57.4 cm³/mol. The second-order valence-corrected chi connectivity index (χ2v) is 6.33. The Bertz CT molecular complexity index is 455. The van der Waals surface area contributed by atoms with Gasteiger partial charge in [-0.25, -0.2) is 8.42 Å². The third-order valence-electron chi connectivity index (χ3n) is 2.71. The van der Waals surface area contributed by atoms with Crippen molar-refractivity contribution in [3.63, 3.8) is 0 Å². The lowest BCUT2D eigenvalue weighted by molar-refractivity contribution is 0.151. The summed E-state index contributed by atoms with van der Waals surface area (Å²) in [4.78, 5) is 0.328. The predicted octanol–water partition coefficient (Wildman–Crippen LogP) is 1.16. The SMILES string of the molecule is CS(=O)(=O)c1ccc(CC2(O)CC2)cc1. The first-order valence-electron chi connectivity index (χ1n) is 4.90. The van der Waals surface area contributed by atoms with Crippen LogP contribution in [0.2, 0.25) is 0 Å². The van der Waals surface area contributed by atoms with E-state index in [1.807, 2.05) is 0 Å². The minimum atomic E-state index is -3.11. The molecule has 1 aliphatic rings. The summed E-state index contributed by atoms with van der Waals surface area (Å²) in [6.07, 6.45) is 3.51. The number of aliphatic hydroxyl groups is 1. The van der Waals surface area contributed by atoms with Gasteiger partial charge in [-0.05, 0) is 30.5 Å². The summed E-state index contributed by atoms with van der Waals surface area (Å²) in [7, 11) is -3.11. The van der Waals surface area contributed by atoms with Crippen LogP contribution in [-0.4, -0.2) is 25.4 Å². The monoisotopic (exact) mass is 226 g/mol. The fraction of sp³-hybridized carbons (Fsp3) is 0.455. The zero-order chi connectivity index (χ0) is 11.1. The molecule has 0 spiro atoms. The Morgan fingerprint density at radius 1 is 1.27 bits per heavy atom. The molecule has 0 amide bonds. The average Bonchev–Trinajstić information content (AvgIpc) is 2.82. The molecule has 1 saturated carbocycles. The summed E-state index contributed by atoms with van der Waals surface area (Å²) >= 11 is 0. The van der Waals surface area contributed by atoms with Crippen molar-refractivity contribution in [2.45, 2.75) is 29.8 Å². The number of rotatable bonds is 3. The summed E-state index contributed by atoms with van der Waals surface area (Å²) in [5.74, 6) is 0. The summed E-state index contributed by atoms with van der Waals surface area (Å²) in [5, 5.41) is 9.69. The Balaban J connectivity index is 2.17. The van der Waals surface area contributed by atoms with E-state index in [0.717, 1.165) is 18.4 Å². The molecule has 0 radical (unpaired) electrons. The largest absolute Gasteiger partial charge is 0.390 e. The van der Waals surface area contributed by atoms with Gasteiger partial charge >= 0.3 is 0 Å². The van der Waals surface area contributed by atoms with Crippen molar-refractivity contribution in [3.8, 4) is 0 Å². The van der Waals surface area contributed by atoms with Gasteiger partial charge in [-0.1, -0.05) is 12.1 Å². The second kappa shape index (κ2) is 3.32. The van der Waals surface area contributed by atoms with E-state index in [1.54, 1.807) is 24.3 Å². The summed E-state index contributed by atoms with van der Waals surface area (Å²) < 4.78 is 22.4. The van der Waals surface area contributed by atoms with Gasteiger partial charge in [-0.15, -0.1) is 0 Å². The molecule has 0 heterocycles. The highest BCUT2D eigenvalue weighted by Crippen LogP contribution is 2.38. The van der Waals surface area contributed by atoms with Gasteiger partial charge in [0.1, 0.15) is 0 Å². The minimum Gasteiger partial charge on any atom is -0.390 e. The van der Waals surface area contributed by atoms with Gasteiger partial charge in [-0.3, -0.25) is 0 Å². The maximum Gasteiger partial charge on any atom is 0.175 e. The van der Waals surface area contributed by atoms with Gasteiger partial charge in [0, 0.05) is 12.7 Å². The van der Waals surface area contributed by atoms with Crippen LogP contribution in [0.15, 0.2) is 29.2 Å². The molecule has 0 atom stereocenters. The van der Waals surface area contributed by atoms with Crippen LogP contribution in [0.5, 0.6) is 0 Å². The molecule has 3 nitrogen and oxygen atoms in total. The molecular formula is C11H14O3S. The Kier molecular flexibility index (Phi) is 2.35. The summed E-state index contributed by atoms with van der Waals surface area (Å²) in [5.41, 5.74) is 0.467. The lowest BCUT2D eigenvalue weighted by Crippen LogP contribution is -2.10. The van der Waals surface area contributed by atoms with E-state index in [1.165, 1.54) is 6.26 Å². The lowest BCUT2D eigenvalue weighted by atomic mass is 10.1. The fourth-order valence-corrected chi connectivity index (χ4v) is 2.19. The number of hydrogen-bond donors (Lipinski definition) is 1. The van der Waals surface area contributed by atoms with Crippen LogP contribution in [0.1, 0.15) is 18.4 Å². The zero-order valence-electron chi connectivity index (χ0n) is 8.60.